The molecule has 3 fully saturated rings. The van der Waals surface area contributed by atoms with Gasteiger partial charge in [0.1, 0.15) is 17.0 Å². The van der Waals surface area contributed by atoms with Crippen LogP contribution in [0.1, 0.15) is 43.6 Å². The van der Waals surface area contributed by atoms with E-state index in [9.17, 15) is 13.2 Å². The van der Waals surface area contributed by atoms with Crippen molar-refractivity contribution in [3.8, 4) is 0 Å². The van der Waals surface area contributed by atoms with Crippen LogP contribution in [0.2, 0.25) is 0 Å². The number of amides is 1. The highest BCUT2D eigenvalue weighted by Crippen LogP contribution is 2.34. The summed E-state index contributed by atoms with van der Waals surface area (Å²) in [6.07, 6.45) is 7.95. The predicted octanol–water partition coefficient (Wildman–Crippen LogP) is 2.45. The van der Waals surface area contributed by atoms with E-state index < -0.39 is 15.3 Å². The monoisotopic (exact) mass is 418 g/mol. The lowest BCUT2D eigenvalue weighted by Gasteiger charge is -2.42. The highest BCUT2D eigenvalue weighted by molar-refractivity contribution is 7.89. The molecule has 1 amide bonds. The van der Waals surface area contributed by atoms with Gasteiger partial charge in [-0.2, -0.15) is 0 Å². The second kappa shape index (κ2) is 7.28. The standard InChI is InChI=1S/C20H26N4O4S/c25-20(28-15-3-1-4-15)23-12-16(13-23)29(26,27)24-9-6-14(7-10-24)18-11-22-19-17(18)5-2-8-21-19/h2,5,8,11,14-16H,1,3-4,6-7,9-10,12-13H2,(H,21,22). The summed E-state index contributed by atoms with van der Waals surface area (Å²) < 4.78 is 32.9. The van der Waals surface area contributed by atoms with Crippen molar-refractivity contribution in [2.45, 2.75) is 49.4 Å². The molecule has 0 unspecified atom stereocenters. The van der Waals surface area contributed by atoms with Gasteiger partial charge in [-0.3, -0.25) is 0 Å². The van der Waals surface area contributed by atoms with Gasteiger partial charge in [0.25, 0.3) is 0 Å². The maximum atomic E-state index is 13.0. The Morgan fingerprint density at radius 3 is 2.62 bits per heavy atom. The number of sulfonamides is 1. The third kappa shape index (κ3) is 3.40. The lowest BCUT2D eigenvalue weighted by Crippen LogP contribution is -2.61. The van der Waals surface area contributed by atoms with Crippen LogP contribution in [0.4, 0.5) is 4.79 Å². The molecule has 4 heterocycles. The van der Waals surface area contributed by atoms with Crippen LogP contribution >= 0.6 is 0 Å². The smallest absolute Gasteiger partial charge is 0.410 e. The first-order chi connectivity index (χ1) is 14.0. The first-order valence-corrected chi connectivity index (χ1v) is 11.9. The van der Waals surface area contributed by atoms with Crippen molar-refractivity contribution in [2.75, 3.05) is 26.2 Å². The molecule has 5 rings (SSSR count). The summed E-state index contributed by atoms with van der Waals surface area (Å²) in [5.74, 6) is 0.328. The highest BCUT2D eigenvalue weighted by atomic mass is 32.2. The van der Waals surface area contributed by atoms with Crippen LogP contribution in [0.15, 0.2) is 24.5 Å². The molecule has 0 radical (unpaired) electrons. The summed E-state index contributed by atoms with van der Waals surface area (Å²) in [5, 5.41) is 0.610. The number of nitrogens with zero attached hydrogens (tertiary/aromatic N) is 3. The quantitative estimate of drug-likeness (QED) is 0.823. The summed E-state index contributed by atoms with van der Waals surface area (Å²) in [6.45, 7) is 1.51. The summed E-state index contributed by atoms with van der Waals surface area (Å²) in [4.78, 5) is 21.1. The summed E-state index contributed by atoms with van der Waals surface area (Å²) >= 11 is 0. The molecule has 3 aliphatic rings. The van der Waals surface area contributed by atoms with Gasteiger partial charge in [-0.15, -0.1) is 0 Å². The number of carbonyl (C=O) groups is 1. The number of aromatic nitrogens is 2. The van der Waals surface area contributed by atoms with E-state index in [1.54, 1.807) is 10.5 Å². The Balaban J connectivity index is 1.17. The van der Waals surface area contributed by atoms with Gasteiger partial charge in [-0.05, 0) is 55.7 Å². The van der Waals surface area contributed by atoms with Crippen LogP contribution in [0.5, 0.6) is 0 Å². The minimum absolute atomic E-state index is 0.0249. The number of aromatic amines is 1. The van der Waals surface area contributed by atoms with Gasteiger partial charge in [-0.25, -0.2) is 22.5 Å². The fraction of sp³-hybridized carbons (Fsp3) is 0.600. The van der Waals surface area contributed by atoms with E-state index in [0.29, 0.717) is 19.0 Å². The first kappa shape index (κ1) is 18.9. The lowest BCUT2D eigenvalue weighted by atomic mass is 9.90. The van der Waals surface area contributed by atoms with Crippen LogP contribution in [0, 0.1) is 0 Å². The second-order valence-electron chi connectivity index (χ2n) is 8.33. The van der Waals surface area contributed by atoms with E-state index in [1.165, 1.54) is 10.5 Å². The maximum absolute atomic E-state index is 13.0. The van der Waals surface area contributed by atoms with Crippen molar-refractivity contribution < 1.29 is 17.9 Å². The highest BCUT2D eigenvalue weighted by Gasteiger charge is 2.44. The van der Waals surface area contributed by atoms with Crippen molar-refractivity contribution in [3.63, 3.8) is 0 Å². The summed E-state index contributed by atoms with van der Waals surface area (Å²) in [5.41, 5.74) is 2.10. The minimum Gasteiger partial charge on any atom is -0.446 e. The van der Waals surface area contributed by atoms with E-state index in [2.05, 4.69) is 16.0 Å². The van der Waals surface area contributed by atoms with Gasteiger partial charge in [0.2, 0.25) is 10.0 Å². The normalized spacial score (nSPS) is 22.4. The van der Waals surface area contributed by atoms with E-state index in [1.807, 2.05) is 12.3 Å². The fourth-order valence-electron chi connectivity index (χ4n) is 4.43. The van der Waals surface area contributed by atoms with Crippen LogP contribution in [-0.2, 0) is 14.8 Å². The Bertz CT molecular complexity index is 1000. The molecule has 156 valence electrons. The SMILES string of the molecule is O=C(OC1CCC1)N1CC(S(=O)(=O)N2CCC(c3c[nH]c4ncccc34)CC2)C1. The number of pyridine rings is 1. The van der Waals surface area contributed by atoms with Crippen LogP contribution in [0.3, 0.4) is 0 Å². The van der Waals surface area contributed by atoms with E-state index in [0.717, 1.165) is 43.1 Å². The number of ether oxygens (including phenoxy) is 1. The van der Waals surface area contributed by atoms with Crippen LogP contribution in [-0.4, -0.2) is 71.2 Å². The lowest BCUT2D eigenvalue weighted by molar-refractivity contribution is 0.0159. The maximum Gasteiger partial charge on any atom is 0.410 e. The van der Waals surface area contributed by atoms with E-state index >= 15 is 0 Å². The molecule has 0 aromatic carbocycles. The Kier molecular flexibility index (Phi) is 4.74. The van der Waals surface area contributed by atoms with Gasteiger partial charge in [0.15, 0.2) is 0 Å². The van der Waals surface area contributed by atoms with Gasteiger partial charge in [-0.1, -0.05) is 0 Å². The Labute approximate surface area is 170 Å². The van der Waals surface area contributed by atoms with Crippen molar-refractivity contribution in [1.82, 2.24) is 19.2 Å². The number of H-pyrrole nitrogens is 1. The number of nitrogens with one attached hydrogen (secondary N) is 1. The summed E-state index contributed by atoms with van der Waals surface area (Å²) in [6, 6.07) is 3.99. The third-order valence-electron chi connectivity index (χ3n) is 6.58. The van der Waals surface area contributed by atoms with Crippen molar-refractivity contribution in [1.29, 1.82) is 0 Å². The molecule has 1 N–H and O–H groups in total. The Morgan fingerprint density at radius 2 is 1.93 bits per heavy atom. The Morgan fingerprint density at radius 1 is 1.17 bits per heavy atom. The minimum atomic E-state index is -3.38. The van der Waals surface area contributed by atoms with Crippen LogP contribution in [0.25, 0.3) is 11.0 Å². The molecular weight excluding hydrogens is 392 g/mol. The van der Waals surface area contributed by atoms with Gasteiger partial charge < -0.3 is 14.6 Å². The number of fused-ring (bicyclic) bond motifs is 1. The van der Waals surface area contributed by atoms with Crippen molar-refractivity contribution >= 4 is 27.1 Å². The molecule has 29 heavy (non-hydrogen) atoms. The molecule has 1 saturated carbocycles. The zero-order chi connectivity index (χ0) is 20.0. The van der Waals surface area contributed by atoms with E-state index in [-0.39, 0.29) is 25.3 Å². The van der Waals surface area contributed by atoms with Crippen molar-refractivity contribution in [3.05, 3.63) is 30.1 Å². The summed E-state index contributed by atoms with van der Waals surface area (Å²) in [7, 11) is -3.38. The fourth-order valence-corrected chi connectivity index (χ4v) is 6.31. The molecule has 2 aliphatic heterocycles. The number of carbonyl (C=O) groups excluding carboxylic acids is 1. The topological polar surface area (TPSA) is 95.6 Å². The average Bonchev–Trinajstić information content (AvgIpc) is 3.07. The molecule has 1 aliphatic carbocycles. The predicted molar refractivity (Wildman–Crippen MR) is 108 cm³/mol. The molecule has 9 heteroatoms. The number of hydrogen-bond acceptors (Lipinski definition) is 5. The average molecular weight is 419 g/mol. The van der Waals surface area contributed by atoms with Gasteiger partial charge in [0.05, 0.1) is 0 Å². The second-order valence-corrected chi connectivity index (χ2v) is 10.5. The molecule has 2 aromatic rings. The Hall–Kier alpha value is -2.13. The third-order valence-corrected chi connectivity index (χ3v) is 8.81. The number of likely N-dealkylation sites (tertiary alicyclic amines) is 1. The largest absolute Gasteiger partial charge is 0.446 e. The molecular formula is C20H26N4O4S. The molecule has 2 aromatic heterocycles. The molecule has 0 spiro atoms. The number of piperidine rings is 1. The molecule has 0 bridgehead atoms. The van der Waals surface area contributed by atoms with Crippen molar-refractivity contribution in [2.24, 2.45) is 0 Å². The zero-order valence-electron chi connectivity index (χ0n) is 16.3. The van der Waals surface area contributed by atoms with Gasteiger partial charge in [0, 0.05) is 44.0 Å². The van der Waals surface area contributed by atoms with E-state index in [4.69, 9.17) is 4.74 Å². The number of hydrogen-bond donors (Lipinski definition) is 1. The zero-order valence-corrected chi connectivity index (χ0v) is 17.1. The molecule has 8 nitrogen and oxygen atoms in total. The molecule has 0 atom stereocenters. The van der Waals surface area contributed by atoms with Gasteiger partial charge >= 0.3 is 6.09 Å². The number of rotatable bonds is 4. The molecule has 2 saturated heterocycles. The van der Waals surface area contributed by atoms with Crippen LogP contribution < -0.4 is 0 Å². The first-order valence-electron chi connectivity index (χ1n) is 10.4.